The lowest BCUT2D eigenvalue weighted by atomic mass is 9.98. The predicted molar refractivity (Wildman–Crippen MR) is 129 cm³/mol. The van der Waals surface area contributed by atoms with E-state index < -0.39 is 5.60 Å². The van der Waals surface area contributed by atoms with Crippen LogP contribution in [0.25, 0.3) is 0 Å². The minimum Gasteiger partial charge on any atom is -0.384 e. The quantitative estimate of drug-likeness (QED) is 0.423. The Hall–Kier alpha value is -3.05. The second-order valence-electron chi connectivity index (χ2n) is 9.36. The molecular formula is C23H28N8O2S. The number of aromatic nitrogens is 5. The van der Waals surface area contributed by atoms with Crippen LogP contribution in [0.2, 0.25) is 0 Å². The summed E-state index contributed by atoms with van der Waals surface area (Å²) in [4.78, 5) is 28.9. The van der Waals surface area contributed by atoms with Gasteiger partial charge in [-0.15, -0.1) is 11.3 Å². The summed E-state index contributed by atoms with van der Waals surface area (Å²) in [6, 6.07) is 1.55. The monoisotopic (exact) mass is 480 g/mol. The third-order valence-electron chi connectivity index (χ3n) is 7.15. The summed E-state index contributed by atoms with van der Waals surface area (Å²) in [6.45, 7) is 0.730. The molecule has 6 rings (SSSR count). The highest BCUT2D eigenvalue weighted by atomic mass is 32.1. The Balaban J connectivity index is 1.26. The van der Waals surface area contributed by atoms with Crippen LogP contribution in [0.15, 0.2) is 17.6 Å². The van der Waals surface area contributed by atoms with Crippen LogP contribution in [-0.2, 0) is 23.2 Å². The van der Waals surface area contributed by atoms with Crippen molar-refractivity contribution in [1.82, 2.24) is 25.1 Å². The first-order chi connectivity index (χ1) is 16.6. The summed E-state index contributed by atoms with van der Waals surface area (Å²) in [5, 5.41) is 27.0. The van der Waals surface area contributed by atoms with E-state index in [2.05, 4.69) is 25.8 Å². The molecule has 1 unspecified atom stereocenters. The Bertz CT molecular complexity index is 1190. The topological polar surface area (TPSA) is 132 Å². The van der Waals surface area contributed by atoms with Gasteiger partial charge in [-0.3, -0.25) is 9.89 Å². The number of carbonyl (C=O) groups excluding carboxylic acids is 1. The van der Waals surface area contributed by atoms with E-state index in [9.17, 15) is 9.90 Å². The maximum atomic E-state index is 13.0. The number of nitrogens with one attached hydrogen (secondary N) is 3. The fourth-order valence-corrected chi connectivity index (χ4v) is 5.91. The minimum atomic E-state index is -0.820. The smallest absolute Gasteiger partial charge is 0.248 e. The number of hydrogen-bond donors (Lipinski definition) is 4. The first-order valence-electron chi connectivity index (χ1n) is 12.0. The fraction of sp³-hybridized carbons (Fsp3) is 0.522. The minimum absolute atomic E-state index is 0.0761. The first kappa shape index (κ1) is 21.5. The maximum Gasteiger partial charge on any atom is 0.248 e. The standard InChI is InChI=1S/C23H28N8O2S/c32-20(28-22-24-10-12-34-22)16-7-4-11-31(16)21-25-15-6-3-5-14(15)19(27-21)26-18-13-17(29-30-18)23(33)8-1-2-9-23/h10,12-13,16,33H,1-9,11H2,(H,24,28,32)(H2,25,26,27,29,30). The van der Waals surface area contributed by atoms with Crippen molar-refractivity contribution in [3.63, 3.8) is 0 Å². The molecular weight excluding hydrogens is 452 g/mol. The Morgan fingerprint density at radius 1 is 1.21 bits per heavy atom. The van der Waals surface area contributed by atoms with Crippen LogP contribution in [0.5, 0.6) is 0 Å². The largest absolute Gasteiger partial charge is 0.384 e. The molecule has 0 bridgehead atoms. The molecule has 0 aromatic carbocycles. The first-order valence-corrected chi connectivity index (χ1v) is 12.9. The van der Waals surface area contributed by atoms with Crippen LogP contribution in [0.4, 0.5) is 22.7 Å². The van der Waals surface area contributed by atoms with Gasteiger partial charge in [-0.1, -0.05) is 12.8 Å². The van der Waals surface area contributed by atoms with E-state index in [1.165, 1.54) is 11.3 Å². The van der Waals surface area contributed by atoms with E-state index in [0.717, 1.165) is 87.1 Å². The van der Waals surface area contributed by atoms with Gasteiger partial charge in [0, 0.05) is 29.8 Å². The van der Waals surface area contributed by atoms with Gasteiger partial charge >= 0.3 is 0 Å². The van der Waals surface area contributed by atoms with Crippen LogP contribution in [0, 0.1) is 0 Å². The van der Waals surface area contributed by atoms with Crippen LogP contribution < -0.4 is 15.5 Å². The van der Waals surface area contributed by atoms with Crippen molar-refractivity contribution in [2.75, 3.05) is 22.1 Å². The van der Waals surface area contributed by atoms with Crippen molar-refractivity contribution in [1.29, 1.82) is 0 Å². The SMILES string of the molecule is O=C(Nc1nccs1)C1CCCN1c1nc2c(c(Nc3cc(C4(O)CCCC4)[nH]n3)n1)CCC2. The molecule has 3 aromatic heterocycles. The highest BCUT2D eigenvalue weighted by Crippen LogP contribution is 2.39. The van der Waals surface area contributed by atoms with E-state index in [0.29, 0.717) is 16.9 Å². The molecule has 2 fully saturated rings. The van der Waals surface area contributed by atoms with Crippen molar-refractivity contribution in [2.24, 2.45) is 0 Å². The molecule has 34 heavy (non-hydrogen) atoms. The normalized spacial score (nSPS) is 21.1. The zero-order chi connectivity index (χ0) is 23.1. The van der Waals surface area contributed by atoms with Crippen molar-refractivity contribution < 1.29 is 9.90 Å². The van der Waals surface area contributed by atoms with Gasteiger partial charge in [0.15, 0.2) is 10.9 Å². The fourth-order valence-electron chi connectivity index (χ4n) is 5.38. The van der Waals surface area contributed by atoms with Gasteiger partial charge < -0.3 is 20.6 Å². The zero-order valence-electron chi connectivity index (χ0n) is 18.9. The Morgan fingerprint density at radius 3 is 2.91 bits per heavy atom. The third kappa shape index (κ3) is 3.92. The van der Waals surface area contributed by atoms with Gasteiger partial charge in [-0.25, -0.2) is 9.97 Å². The molecule has 3 aromatic rings. The lowest BCUT2D eigenvalue weighted by molar-refractivity contribution is -0.117. The van der Waals surface area contributed by atoms with Crippen LogP contribution >= 0.6 is 11.3 Å². The molecule has 11 heteroatoms. The molecule has 178 valence electrons. The average Bonchev–Trinajstić information content (AvgIpc) is 3.64. The van der Waals surface area contributed by atoms with Gasteiger partial charge in [0.2, 0.25) is 11.9 Å². The summed E-state index contributed by atoms with van der Waals surface area (Å²) < 4.78 is 0. The second kappa shape index (κ2) is 8.62. The molecule has 1 amide bonds. The van der Waals surface area contributed by atoms with Crippen LogP contribution in [0.3, 0.4) is 0 Å². The zero-order valence-corrected chi connectivity index (χ0v) is 19.7. The Kier molecular flexibility index (Phi) is 5.45. The number of nitrogens with zero attached hydrogens (tertiary/aromatic N) is 5. The highest BCUT2D eigenvalue weighted by Gasteiger charge is 2.36. The maximum absolute atomic E-state index is 13.0. The number of anilines is 4. The molecule has 0 spiro atoms. The molecule has 4 N–H and O–H groups in total. The number of thiazole rings is 1. The number of aryl methyl sites for hydroxylation is 1. The third-order valence-corrected chi connectivity index (χ3v) is 7.84. The number of carbonyl (C=O) groups is 1. The van der Waals surface area contributed by atoms with Crippen LogP contribution in [-0.4, -0.2) is 48.7 Å². The molecule has 4 heterocycles. The van der Waals surface area contributed by atoms with Gasteiger partial charge in [-0.2, -0.15) is 10.1 Å². The van der Waals surface area contributed by atoms with E-state index in [1.54, 1.807) is 6.20 Å². The molecule has 0 radical (unpaired) electrons. The van der Waals surface area contributed by atoms with Gasteiger partial charge in [0.05, 0.1) is 11.4 Å². The predicted octanol–water partition coefficient (Wildman–Crippen LogP) is 3.26. The number of H-pyrrole nitrogens is 1. The number of fused-ring (bicyclic) bond motifs is 1. The molecule has 1 saturated carbocycles. The van der Waals surface area contributed by atoms with Crippen molar-refractivity contribution in [3.8, 4) is 0 Å². The number of hydrogen-bond acceptors (Lipinski definition) is 9. The lowest BCUT2D eigenvalue weighted by Crippen LogP contribution is -2.40. The summed E-state index contributed by atoms with van der Waals surface area (Å²) >= 11 is 1.41. The molecule has 1 saturated heterocycles. The Labute approximate surface area is 201 Å². The van der Waals surface area contributed by atoms with Gasteiger partial charge in [0.25, 0.3) is 0 Å². The van der Waals surface area contributed by atoms with E-state index in [4.69, 9.17) is 9.97 Å². The Morgan fingerprint density at radius 2 is 2.09 bits per heavy atom. The summed E-state index contributed by atoms with van der Waals surface area (Å²) in [6.07, 6.45) is 9.72. The number of aromatic amines is 1. The van der Waals surface area contributed by atoms with Gasteiger partial charge in [-0.05, 0) is 44.9 Å². The van der Waals surface area contributed by atoms with E-state index >= 15 is 0 Å². The molecule has 1 atom stereocenters. The lowest BCUT2D eigenvalue weighted by Gasteiger charge is -2.24. The molecule has 1 aliphatic heterocycles. The average molecular weight is 481 g/mol. The molecule has 3 aliphatic rings. The van der Waals surface area contributed by atoms with Crippen molar-refractivity contribution >= 4 is 40.0 Å². The van der Waals surface area contributed by atoms with Crippen molar-refractivity contribution in [3.05, 3.63) is 34.6 Å². The van der Waals surface area contributed by atoms with E-state index in [-0.39, 0.29) is 11.9 Å². The summed E-state index contributed by atoms with van der Waals surface area (Å²) in [7, 11) is 0. The van der Waals surface area contributed by atoms with Gasteiger partial charge in [0.1, 0.15) is 17.5 Å². The number of aliphatic hydroxyl groups is 1. The molecule has 10 nitrogen and oxygen atoms in total. The molecule has 2 aliphatic carbocycles. The second-order valence-corrected chi connectivity index (χ2v) is 10.3. The highest BCUT2D eigenvalue weighted by molar-refractivity contribution is 7.13. The van der Waals surface area contributed by atoms with Crippen LogP contribution in [0.1, 0.15) is 61.9 Å². The summed E-state index contributed by atoms with van der Waals surface area (Å²) in [5.41, 5.74) is 2.07. The summed E-state index contributed by atoms with van der Waals surface area (Å²) in [5.74, 6) is 1.87. The number of amides is 1. The van der Waals surface area contributed by atoms with E-state index in [1.807, 2.05) is 16.3 Å². The number of rotatable bonds is 6. The van der Waals surface area contributed by atoms with Crippen molar-refractivity contribution in [2.45, 2.75) is 69.4 Å².